The van der Waals surface area contributed by atoms with Crippen LogP contribution in [0.15, 0.2) is 45.6 Å². The summed E-state index contributed by atoms with van der Waals surface area (Å²) in [6, 6.07) is 11.6. The van der Waals surface area contributed by atoms with Gasteiger partial charge in [0.25, 0.3) is 0 Å². The zero-order valence-electron chi connectivity index (χ0n) is 7.35. The first-order valence-corrected chi connectivity index (χ1v) is 5.91. The van der Waals surface area contributed by atoms with Crippen LogP contribution in [-0.4, -0.2) is 5.11 Å². The molecule has 0 radical (unpaired) electrons. The SMILES string of the molecule is OC(c1ccccc1)c1csc(Br)c1. The van der Waals surface area contributed by atoms with E-state index in [1.54, 1.807) is 11.3 Å². The molecular weight excluding hydrogens is 260 g/mol. The van der Waals surface area contributed by atoms with Crippen molar-refractivity contribution >= 4 is 27.3 Å². The average Bonchev–Trinajstić information content (AvgIpc) is 2.65. The van der Waals surface area contributed by atoms with Crippen LogP contribution in [0.4, 0.5) is 0 Å². The minimum Gasteiger partial charge on any atom is -0.384 e. The Morgan fingerprint density at radius 1 is 1.14 bits per heavy atom. The maximum absolute atomic E-state index is 9.99. The molecule has 1 N–H and O–H groups in total. The monoisotopic (exact) mass is 268 g/mol. The molecule has 0 fully saturated rings. The summed E-state index contributed by atoms with van der Waals surface area (Å²) in [7, 11) is 0. The van der Waals surface area contributed by atoms with E-state index in [1.807, 2.05) is 41.8 Å². The molecule has 14 heavy (non-hydrogen) atoms. The maximum atomic E-state index is 9.99. The highest BCUT2D eigenvalue weighted by atomic mass is 79.9. The third kappa shape index (κ3) is 2.05. The number of aliphatic hydroxyl groups excluding tert-OH is 1. The molecule has 1 nitrogen and oxygen atoms in total. The van der Waals surface area contributed by atoms with Crippen LogP contribution in [0, 0.1) is 0 Å². The zero-order valence-corrected chi connectivity index (χ0v) is 9.75. The van der Waals surface area contributed by atoms with Gasteiger partial charge in [-0.15, -0.1) is 11.3 Å². The first-order chi connectivity index (χ1) is 6.77. The van der Waals surface area contributed by atoms with Gasteiger partial charge in [0.05, 0.1) is 3.79 Å². The number of halogens is 1. The number of benzene rings is 1. The number of hydrogen-bond acceptors (Lipinski definition) is 2. The molecular formula is C11H9BrOS. The lowest BCUT2D eigenvalue weighted by atomic mass is 10.1. The van der Waals surface area contributed by atoms with Crippen LogP contribution in [-0.2, 0) is 0 Å². The molecule has 2 aromatic rings. The summed E-state index contributed by atoms with van der Waals surface area (Å²) in [5.74, 6) is 0. The van der Waals surface area contributed by atoms with Crippen LogP contribution in [0.2, 0.25) is 0 Å². The van der Waals surface area contributed by atoms with E-state index >= 15 is 0 Å². The van der Waals surface area contributed by atoms with E-state index in [-0.39, 0.29) is 0 Å². The summed E-state index contributed by atoms with van der Waals surface area (Å²) in [6.45, 7) is 0. The van der Waals surface area contributed by atoms with Crippen molar-refractivity contribution in [2.45, 2.75) is 6.10 Å². The molecule has 0 aliphatic rings. The lowest BCUT2D eigenvalue weighted by Crippen LogP contribution is -1.96. The molecule has 0 amide bonds. The topological polar surface area (TPSA) is 20.2 Å². The van der Waals surface area contributed by atoms with E-state index in [0.29, 0.717) is 0 Å². The Morgan fingerprint density at radius 3 is 2.43 bits per heavy atom. The Hall–Kier alpha value is -0.640. The van der Waals surface area contributed by atoms with E-state index < -0.39 is 6.10 Å². The summed E-state index contributed by atoms with van der Waals surface area (Å²) in [5, 5.41) is 12.0. The van der Waals surface area contributed by atoms with Gasteiger partial charge in [0, 0.05) is 0 Å². The summed E-state index contributed by atoms with van der Waals surface area (Å²) in [4.78, 5) is 0. The van der Waals surface area contributed by atoms with Crippen LogP contribution in [0.1, 0.15) is 17.2 Å². The van der Waals surface area contributed by atoms with Crippen molar-refractivity contribution in [2.24, 2.45) is 0 Å². The Bertz CT molecular complexity index is 410. The molecule has 0 spiro atoms. The van der Waals surface area contributed by atoms with E-state index in [9.17, 15) is 5.11 Å². The average molecular weight is 269 g/mol. The van der Waals surface area contributed by atoms with Crippen LogP contribution in [0.3, 0.4) is 0 Å². The van der Waals surface area contributed by atoms with E-state index in [4.69, 9.17) is 0 Å². The van der Waals surface area contributed by atoms with Crippen molar-refractivity contribution in [1.29, 1.82) is 0 Å². The molecule has 1 atom stereocenters. The lowest BCUT2D eigenvalue weighted by Gasteiger charge is -2.08. The Kier molecular flexibility index (Phi) is 3.01. The van der Waals surface area contributed by atoms with Gasteiger partial charge in [0.1, 0.15) is 6.10 Å². The van der Waals surface area contributed by atoms with Gasteiger partial charge in [0.15, 0.2) is 0 Å². The summed E-state index contributed by atoms with van der Waals surface area (Å²) in [5.41, 5.74) is 1.87. The smallest absolute Gasteiger partial charge is 0.105 e. The molecule has 0 aliphatic carbocycles. The Labute approximate surface area is 95.2 Å². The second kappa shape index (κ2) is 4.26. The van der Waals surface area contributed by atoms with E-state index in [2.05, 4.69) is 15.9 Å². The van der Waals surface area contributed by atoms with Crippen molar-refractivity contribution in [1.82, 2.24) is 0 Å². The number of hydrogen-bond donors (Lipinski definition) is 1. The highest BCUT2D eigenvalue weighted by Gasteiger charge is 2.10. The van der Waals surface area contributed by atoms with Gasteiger partial charge in [-0.3, -0.25) is 0 Å². The van der Waals surface area contributed by atoms with Gasteiger partial charge in [-0.05, 0) is 38.5 Å². The van der Waals surface area contributed by atoms with Crippen molar-refractivity contribution in [3.05, 3.63) is 56.7 Å². The lowest BCUT2D eigenvalue weighted by molar-refractivity contribution is 0.221. The number of aliphatic hydroxyl groups is 1. The predicted molar refractivity (Wildman–Crippen MR) is 62.5 cm³/mol. The molecule has 0 saturated heterocycles. The van der Waals surface area contributed by atoms with E-state index in [0.717, 1.165) is 14.9 Å². The molecule has 1 heterocycles. The highest BCUT2D eigenvalue weighted by Crippen LogP contribution is 2.28. The molecule has 0 saturated carbocycles. The molecule has 0 aliphatic heterocycles. The summed E-state index contributed by atoms with van der Waals surface area (Å²) < 4.78 is 1.04. The van der Waals surface area contributed by atoms with Crippen LogP contribution in [0.5, 0.6) is 0 Å². The van der Waals surface area contributed by atoms with Crippen LogP contribution in [0.25, 0.3) is 0 Å². The third-order valence-corrected chi connectivity index (χ3v) is 3.54. The first kappa shape index (κ1) is 9.90. The van der Waals surface area contributed by atoms with Gasteiger partial charge in [-0.25, -0.2) is 0 Å². The number of thiophene rings is 1. The molecule has 72 valence electrons. The van der Waals surface area contributed by atoms with Crippen LogP contribution < -0.4 is 0 Å². The van der Waals surface area contributed by atoms with E-state index in [1.165, 1.54) is 0 Å². The molecule has 0 bridgehead atoms. The Balaban J connectivity index is 2.29. The van der Waals surface area contributed by atoms with Gasteiger partial charge in [0.2, 0.25) is 0 Å². The van der Waals surface area contributed by atoms with Gasteiger partial charge >= 0.3 is 0 Å². The predicted octanol–water partition coefficient (Wildman–Crippen LogP) is 3.59. The molecule has 2 rings (SSSR count). The van der Waals surface area contributed by atoms with Gasteiger partial charge < -0.3 is 5.11 Å². The minimum atomic E-state index is -0.515. The second-order valence-electron chi connectivity index (χ2n) is 3.00. The fraction of sp³-hybridized carbons (Fsp3) is 0.0909. The van der Waals surface area contributed by atoms with Crippen molar-refractivity contribution in [3.8, 4) is 0 Å². The van der Waals surface area contributed by atoms with Crippen molar-refractivity contribution < 1.29 is 5.11 Å². The highest BCUT2D eigenvalue weighted by molar-refractivity contribution is 9.11. The van der Waals surface area contributed by atoms with Gasteiger partial charge in [-0.2, -0.15) is 0 Å². The number of rotatable bonds is 2. The quantitative estimate of drug-likeness (QED) is 0.883. The van der Waals surface area contributed by atoms with Crippen molar-refractivity contribution in [3.63, 3.8) is 0 Å². The largest absolute Gasteiger partial charge is 0.384 e. The summed E-state index contributed by atoms with van der Waals surface area (Å²) in [6.07, 6.45) is -0.515. The minimum absolute atomic E-state index is 0.515. The maximum Gasteiger partial charge on any atom is 0.105 e. The third-order valence-electron chi connectivity index (χ3n) is 2.02. The zero-order chi connectivity index (χ0) is 9.97. The molecule has 1 aromatic heterocycles. The summed E-state index contributed by atoms with van der Waals surface area (Å²) >= 11 is 4.96. The van der Waals surface area contributed by atoms with Crippen LogP contribution >= 0.6 is 27.3 Å². The normalized spacial score (nSPS) is 12.7. The standard InChI is InChI=1S/C11H9BrOS/c12-10-6-9(7-14-10)11(13)8-4-2-1-3-5-8/h1-7,11,13H. The Morgan fingerprint density at radius 2 is 1.86 bits per heavy atom. The molecule has 3 heteroatoms. The van der Waals surface area contributed by atoms with Crippen molar-refractivity contribution in [2.75, 3.05) is 0 Å². The molecule has 1 unspecified atom stereocenters. The fourth-order valence-corrected chi connectivity index (χ4v) is 2.49. The molecule has 1 aromatic carbocycles. The van der Waals surface area contributed by atoms with Gasteiger partial charge in [-0.1, -0.05) is 30.3 Å². The first-order valence-electron chi connectivity index (χ1n) is 4.24. The second-order valence-corrected chi connectivity index (χ2v) is 5.29. The fourth-order valence-electron chi connectivity index (χ4n) is 1.29.